The molecule has 0 spiro atoms. The predicted molar refractivity (Wildman–Crippen MR) is 97.5 cm³/mol. The summed E-state index contributed by atoms with van der Waals surface area (Å²) in [4.78, 5) is 34.8. The molecule has 146 valence electrons. The van der Waals surface area contributed by atoms with Crippen molar-refractivity contribution in [2.75, 3.05) is 7.05 Å². The van der Waals surface area contributed by atoms with Gasteiger partial charge in [0.15, 0.2) is 0 Å². The molecule has 0 fully saturated rings. The highest BCUT2D eigenvalue weighted by atomic mass is 16.4. The van der Waals surface area contributed by atoms with E-state index < -0.39 is 24.4 Å². The van der Waals surface area contributed by atoms with Gasteiger partial charge in [0.25, 0.3) is 0 Å². The van der Waals surface area contributed by atoms with Crippen molar-refractivity contribution in [3.05, 3.63) is 0 Å². The third-order valence-electron chi connectivity index (χ3n) is 4.51. The molecule has 0 saturated heterocycles. The lowest BCUT2D eigenvalue weighted by atomic mass is 10.0. The second-order valence-electron chi connectivity index (χ2n) is 6.74. The Hall–Kier alpha value is -1.59. The molecule has 25 heavy (non-hydrogen) atoms. The van der Waals surface area contributed by atoms with Crippen LogP contribution in [0.3, 0.4) is 0 Å². The molecule has 0 aromatic rings. The Morgan fingerprint density at radius 1 is 0.800 bits per heavy atom. The summed E-state index contributed by atoms with van der Waals surface area (Å²) < 4.78 is 0. The summed E-state index contributed by atoms with van der Waals surface area (Å²) in [5.74, 6) is -2.80. The lowest BCUT2D eigenvalue weighted by molar-refractivity contribution is -0.153. The molecule has 0 heterocycles. The summed E-state index contributed by atoms with van der Waals surface area (Å²) in [5, 5.41) is 17.8. The van der Waals surface area contributed by atoms with Crippen molar-refractivity contribution < 1.29 is 24.6 Å². The van der Waals surface area contributed by atoms with Gasteiger partial charge in [-0.2, -0.15) is 0 Å². The molecule has 1 amide bonds. The zero-order valence-electron chi connectivity index (χ0n) is 15.8. The summed E-state index contributed by atoms with van der Waals surface area (Å²) in [6.45, 7) is 2.22. The number of carboxylic acids is 2. The lowest BCUT2D eigenvalue weighted by Crippen LogP contribution is -2.43. The molecular formula is C19H35NO5. The Labute approximate surface area is 151 Å². The minimum absolute atomic E-state index is 0.275. The van der Waals surface area contributed by atoms with Gasteiger partial charge in [-0.1, -0.05) is 71.1 Å². The Bertz CT molecular complexity index is 397. The first kappa shape index (κ1) is 23.4. The molecule has 0 rings (SSSR count). The molecule has 0 aromatic heterocycles. The minimum atomic E-state index is -1.29. The molecule has 0 aliphatic carbocycles. The highest BCUT2D eigenvalue weighted by molar-refractivity contribution is 5.86. The lowest BCUT2D eigenvalue weighted by Gasteiger charge is -2.23. The second-order valence-corrected chi connectivity index (χ2v) is 6.74. The average Bonchev–Trinajstić information content (AvgIpc) is 2.56. The van der Waals surface area contributed by atoms with E-state index in [1.54, 1.807) is 0 Å². The fraction of sp³-hybridized carbons (Fsp3) is 0.842. The van der Waals surface area contributed by atoms with Gasteiger partial charge in [-0.05, 0) is 6.42 Å². The van der Waals surface area contributed by atoms with Crippen LogP contribution in [0.25, 0.3) is 0 Å². The van der Waals surface area contributed by atoms with E-state index in [-0.39, 0.29) is 12.3 Å². The number of carboxylic acid groups (broad SMARTS) is 2. The van der Waals surface area contributed by atoms with Crippen LogP contribution in [0, 0.1) is 0 Å². The number of carbonyl (C=O) groups excluding carboxylic acids is 1. The van der Waals surface area contributed by atoms with Gasteiger partial charge in [0.2, 0.25) is 5.91 Å². The van der Waals surface area contributed by atoms with Crippen LogP contribution in [0.4, 0.5) is 0 Å². The maximum Gasteiger partial charge on any atom is 0.327 e. The minimum Gasteiger partial charge on any atom is -0.481 e. The van der Waals surface area contributed by atoms with Crippen molar-refractivity contribution in [1.82, 2.24) is 4.90 Å². The normalized spacial score (nSPS) is 11.9. The first-order valence-electron chi connectivity index (χ1n) is 9.60. The summed E-state index contributed by atoms with van der Waals surface area (Å²) >= 11 is 0. The third-order valence-corrected chi connectivity index (χ3v) is 4.51. The highest BCUT2D eigenvalue weighted by Crippen LogP contribution is 2.13. The predicted octanol–water partition coefficient (Wildman–Crippen LogP) is 4.07. The number of hydrogen-bond donors (Lipinski definition) is 2. The average molecular weight is 357 g/mol. The molecule has 0 radical (unpaired) electrons. The van der Waals surface area contributed by atoms with E-state index in [0.29, 0.717) is 0 Å². The number of amides is 1. The van der Waals surface area contributed by atoms with Crippen LogP contribution >= 0.6 is 0 Å². The molecule has 0 aromatic carbocycles. The van der Waals surface area contributed by atoms with E-state index >= 15 is 0 Å². The third kappa shape index (κ3) is 12.4. The van der Waals surface area contributed by atoms with Gasteiger partial charge in [0.1, 0.15) is 6.04 Å². The van der Waals surface area contributed by atoms with Crippen LogP contribution in [0.15, 0.2) is 0 Å². The van der Waals surface area contributed by atoms with Crippen LogP contribution in [0.2, 0.25) is 0 Å². The Morgan fingerprint density at radius 3 is 1.64 bits per heavy atom. The van der Waals surface area contributed by atoms with Gasteiger partial charge in [-0.15, -0.1) is 0 Å². The van der Waals surface area contributed by atoms with E-state index in [4.69, 9.17) is 10.2 Å². The number of rotatable bonds is 16. The molecule has 2 N–H and O–H groups in total. The number of nitrogens with zero attached hydrogens (tertiary/aromatic N) is 1. The fourth-order valence-corrected chi connectivity index (χ4v) is 2.85. The standard InChI is InChI=1S/C19H35NO5/c1-3-4-5-6-7-8-9-10-11-12-13-14-17(21)20(2)16(19(24)25)15-18(22)23/h16H,3-15H2,1-2H3,(H,22,23)(H,24,25)/t16-/m0/s1. The van der Waals surface area contributed by atoms with Gasteiger partial charge in [0, 0.05) is 13.5 Å². The monoisotopic (exact) mass is 357 g/mol. The van der Waals surface area contributed by atoms with Crippen molar-refractivity contribution in [3.63, 3.8) is 0 Å². The van der Waals surface area contributed by atoms with E-state index in [0.717, 1.165) is 24.2 Å². The molecule has 0 aliphatic rings. The van der Waals surface area contributed by atoms with E-state index in [2.05, 4.69) is 6.92 Å². The fourth-order valence-electron chi connectivity index (χ4n) is 2.85. The summed E-state index contributed by atoms with van der Waals surface area (Å²) in [7, 11) is 1.36. The first-order chi connectivity index (χ1) is 11.9. The zero-order valence-corrected chi connectivity index (χ0v) is 15.8. The van der Waals surface area contributed by atoms with Crippen molar-refractivity contribution >= 4 is 17.8 Å². The Balaban J connectivity index is 3.74. The van der Waals surface area contributed by atoms with Crippen LogP contribution in [-0.4, -0.2) is 46.0 Å². The molecule has 1 atom stereocenters. The Morgan fingerprint density at radius 2 is 1.24 bits per heavy atom. The zero-order chi connectivity index (χ0) is 19.1. The smallest absolute Gasteiger partial charge is 0.327 e. The molecule has 0 saturated carbocycles. The number of unbranched alkanes of at least 4 members (excludes halogenated alkanes) is 10. The van der Waals surface area contributed by atoms with Crippen LogP contribution in [0.1, 0.15) is 90.4 Å². The van der Waals surface area contributed by atoms with Gasteiger partial charge < -0.3 is 15.1 Å². The number of likely N-dealkylation sites (N-methyl/N-ethyl adjacent to an activating group) is 1. The van der Waals surface area contributed by atoms with E-state index in [9.17, 15) is 14.4 Å². The van der Waals surface area contributed by atoms with E-state index in [1.165, 1.54) is 58.4 Å². The first-order valence-corrected chi connectivity index (χ1v) is 9.60. The van der Waals surface area contributed by atoms with Crippen molar-refractivity contribution in [2.45, 2.75) is 96.4 Å². The van der Waals surface area contributed by atoms with Gasteiger partial charge in [-0.3, -0.25) is 9.59 Å². The Kier molecular flexibility index (Phi) is 13.8. The summed E-state index contributed by atoms with van der Waals surface area (Å²) in [6, 6.07) is -1.29. The molecule has 0 bridgehead atoms. The molecule has 6 heteroatoms. The van der Waals surface area contributed by atoms with Crippen LogP contribution in [0.5, 0.6) is 0 Å². The number of hydrogen-bond acceptors (Lipinski definition) is 3. The molecule has 0 unspecified atom stereocenters. The number of aliphatic carboxylic acids is 2. The topological polar surface area (TPSA) is 94.9 Å². The van der Waals surface area contributed by atoms with Crippen molar-refractivity contribution in [2.24, 2.45) is 0 Å². The van der Waals surface area contributed by atoms with Crippen LogP contribution in [-0.2, 0) is 14.4 Å². The second kappa shape index (κ2) is 14.7. The SMILES string of the molecule is CCCCCCCCCCCCCC(=O)N(C)[C@@H](CC(=O)O)C(=O)O. The molecule has 6 nitrogen and oxygen atoms in total. The van der Waals surface area contributed by atoms with Crippen LogP contribution < -0.4 is 0 Å². The summed E-state index contributed by atoms with van der Waals surface area (Å²) in [6.07, 6.45) is 12.7. The summed E-state index contributed by atoms with van der Waals surface area (Å²) in [5.41, 5.74) is 0. The van der Waals surface area contributed by atoms with Gasteiger partial charge in [0.05, 0.1) is 6.42 Å². The quantitative estimate of drug-likeness (QED) is 0.406. The highest BCUT2D eigenvalue weighted by Gasteiger charge is 2.28. The molecule has 0 aliphatic heterocycles. The van der Waals surface area contributed by atoms with Gasteiger partial charge in [-0.25, -0.2) is 4.79 Å². The van der Waals surface area contributed by atoms with Crippen molar-refractivity contribution in [1.29, 1.82) is 0 Å². The maximum absolute atomic E-state index is 12.0. The van der Waals surface area contributed by atoms with E-state index in [1.807, 2.05) is 0 Å². The maximum atomic E-state index is 12.0. The number of carbonyl (C=O) groups is 3. The molecular weight excluding hydrogens is 322 g/mol. The van der Waals surface area contributed by atoms with Crippen molar-refractivity contribution in [3.8, 4) is 0 Å². The van der Waals surface area contributed by atoms with Gasteiger partial charge >= 0.3 is 11.9 Å². The largest absolute Gasteiger partial charge is 0.481 e.